The van der Waals surface area contributed by atoms with Gasteiger partial charge in [-0.05, 0) is 36.7 Å². The molecule has 2 aliphatic rings. The number of hydrogen-bond donors (Lipinski definition) is 2. The van der Waals surface area contributed by atoms with Crippen molar-refractivity contribution in [2.45, 2.75) is 42.4 Å². The Morgan fingerprint density at radius 1 is 1.40 bits per heavy atom. The molecule has 1 aromatic heterocycles. The van der Waals surface area contributed by atoms with Gasteiger partial charge in [0.1, 0.15) is 9.90 Å². The third-order valence-corrected chi connectivity index (χ3v) is 7.43. The number of piperidine rings is 1. The number of nitrogen functional groups attached to an aromatic ring is 1. The maximum Gasteiger partial charge on any atom is 0.187 e. The normalized spacial score (nSPS) is 27.8. The Bertz CT molecular complexity index is 609. The highest BCUT2D eigenvalue weighted by Crippen LogP contribution is 2.43. The second-order valence-corrected chi connectivity index (χ2v) is 8.64. The van der Waals surface area contributed by atoms with Crippen LogP contribution in [0.4, 0.5) is 10.8 Å². The Kier molecular flexibility index (Phi) is 3.42. The average Bonchev–Trinajstić information content (AvgIpc) is 3.17. The van der Waals surface area contributed by atoms with Gasteiger partial charge in [-0.1, -0.05) is 6.92 Å². The Morgan fingerprint density at radius 3 is 2.70 bits per heavy atom. The van der Waals surface area contributed by atoms with E-state index in [1.807, 2.05) is 11.8 Å². The summed E-state index contributed by atoms with van der Waals surface area (Å²) in [5, 5.41) is 10.2. The molecule has 2 unspecified atom stereocenters. The van der Waals surface area contributed by atoms with Crippen LogP contribution in [0.1, 0.15) is 26.2 Å². The molecule has 3 N–H and O–H groups in total. The van der Waals surface area contributed by atoms with Gasteiger partial charge in [0.25, 0.3) is 0 Å². The quantitative estimate of drug-likeness (QED) is 0.858. The number of aromatic nitrogens is 1. The van der Waals surface area contributed by atoms with E-state index < -0.39 is 9.84 Å². The second kappa shape index (κ2) is 4.85. The number of nitrogens with zero attached hydrogens (tertiary/aromatic N) is 2. The summed E-state index contributed by atoms with van der Waals surface area (Å²) in [6.07, 6.45) is 1.75. The minimum atomic E-state index is -3.35. The Balaban J connectivity index is 1.95. The summed E-state index contributed by atoms with van der Waals surface area (Å²) >= 11 is 1.15. The highest BCUT2D eigenvalue weighted by Gasteiger charge is 2.42. The van der Waals surface area contributed by atoms with Gasteiger partial charge in [0.15, 0.2) is 15.7 Å². The van der Waals surface area contributed by atoms with Gasteiger partial charge < -0.3 is 15.7 Å². The van der Waals surface area contributed by atoms with Crippen molar-refractivity contribution in [1.29, 1.82) is 0 Å². The predicted molar refractivity (Wildman–Crippen MR) is 78.7 cm³/mol. The van der Waals surface area contributed by atoms with E-state index in [-0.39, 0.29) is 28.0 Å². The summed E-state index contributed by atoms with van der Waals surface area (Å²) < 4.78 is 29.0. The minimum Gasteiger partial charge on any atom is -0.393 e. The van der Waals surface area contributed by atoms with Crippen molar-refractivity contribution in [2.75, 3.05) is 23.7 Å². The van der Waals surface area contributed by atoms with Crippen LogP contribution in [0, 0.1) is 5.92 Å². The largest absolute Gasteiger partial charge is 0.393 e. The minimum absolute atomic E-state index is 0.114. The van der Waals surface area contributed by atoms with Crippen LogP contribution in [-0.2, 0) is 9.84 Å². The molecule has 0 bridgehead atoms. The van der Waals surface area contributed by atoms with Crippen molar-refractivity contribution in [1.82, 2.24) is 4.37 Å². The molecule has 3 rings (SSSR count). The van der Waals surface area contributed by atoms with E-state index in [1.54, 1.807) is 0 Å². The fourth-order valence-corrected chi connectivity index (χ4v) is 5.68. The third-order valence-electron chi connectivity index (χ3n) is 4.05. The zero-order valence-corrected chi connectivity index (χ0v) is 13.0. The molecule has 0 amide bonds. The van der Waals surface area contributed by atoms with Crippen LogP contribution in [0.15, 0.2) is 4.90 Å². The number of sulfone groups is 1. The Labute approximate surface area is 122 Å². The van der Waals surface area contributed by atoms with Crippen molar-refractivity contribution in [3.63, 3.8) is 0 Å². The number of rotatable bonds is 3. The SMILES string of the molecule is CC1CN(c2snc(N)c2S(=O)(=O)C2CC2)CCC1O. The highest BCUT2D eigenvalue weighted by molar-refractivity contribution is 7.92. The third kappa shape index (κ3) is 2.29. The van der Waals surface area contributed by atoms with E-state index in [0.717, 1.165) is 11.5 Å². The first-order valence-electron chi connectivity index (χ1n) is 6.83. The number of hydrogen-bond acceptors (Lipinski definition) is 7. The lowest BCUT2D eigenvalue weighted by atomic mass is 9.97. The highest BCUT2D eigenvalue weighted by atomic mass is 32.2. The molecule has 1 saturated carbocycles. The van der Waals surface area contributed by atoms with E-state index in [0.29, 0.717) is 37.4 Å². The van der Waals surface area contributed by atoms with E-state index in [1.165, 1.54) is 0 Å². The smallest absolute Gasteiger partial charge is 0.187 e. The Hall–Kier alpha value is -0.860. The summed E-state index contributed by atoms with van der Waals surface area (Å²) in [5.41, 5.74) is 5.81. The van der Waals surface area contributed by atoms with E-state index in [2.05, 4.69) is 4.37 Å². The summed E-state index contributed by atoms with van der Waals surface area (Å²) in [4.78, 5) is 2.22. The lowest BCUT2D eigenvalue weighted by molar-refractivity contribution is 0.0971. The first kappa shape index (κ1) is 14.1. The van der Waals surface area contributed by atoms with Crippen LogP contribution in [0.3, 0.4) is 0 Å². The van der Waals surface area contributed by atoms with Crippen LogP contribution in [0.2, 0.25) is 0 Å². The molecule has 2 atom stereocenters. The summed E-state index contributed by atoms with van der Waals surface area (Å²) in [5.74, 6) is 0.235. The molecule has 20 heavy (non-hydrogen) atoms. The molecule has 2 fully saturated rings. The van der Waals surface area contributed by atoms with Gasteiger partial charge in [-0.3, -0.25) is 0 Å². The van der Waals surface area contributed by atoms with Gasteiger partial charge in [0.2, 0.25) is 0 Å². The molecular weight excluding hydrogens is 298 g/mol. The van der Waals surface area contributed by atoms with Gasteiger partial charge in [-0.15, -0.1) is 0 Å². The topological polar surface area (TPSA) is 96.5 Å². The van der Waals surface area contributed by atoms with Crippen LogP contribution in [0.25, 0.3) is 0 Å². The molecule has 1 saturated heterocycles. The average molecular weight is 317 g/mol. The Morgan fingerprint density at radius 2 is 2.10 bits per heavy atom. The van der Waals surface area contributed by atoms with Gasteiger partial charge in [0, 0.05) is 13.1 Å². The van der Waals surface area contributed by atoms with Crippen LogP contribution < -0.4 is 10.6 Å². The number of aliphatic hydroxyl groups is 1. The van der Waals surface area contributed by atoms with Crippen molar-refractivity contribution in [2.24, 2.45) is 5.92 Å². The molecule has 1 aliphatic carbocycles. The van der Waals surface area contributed by atoms with Crippen molar-refractivity contribution in [3.8, 4) is 0 Å². The number of nitrogens with two attached hydrogens (primary N) is 1. The van der Waals surface area contributed by atoms with E-state index >= 15 is 0 Å². The van der Waals surface area contributed by atoms with E-state index in [4.69, 9.17) is 5.73 Å². The molecule has 8 heteroatoms. The maximum absolute atomic E-state index is 12.5. The summed E-state index contributed by atoms with van der Waals surface area (Å²) in [7, 11) is -3.35. The molecule has 0 spiro atoms. The molecule has 0 aromatic carbocycles. The zero-order valence-electron chi connectivity index (χ0n) is 11.3. The lowest BCUT2D eigenvalue weighted by Gasteiger charge is -2.35. The molecule has 1 aromatic rings. The van der Waals surface area contributed by atoms with Crippen molar-refractivity contribution in [3.05, 3.63) is 0 Å². The molecule has 0 radical (unpaired) electrons. The standard InChI is InChI=1S/C12H19N3O3S2/c1-7-6-15(5-4-9(7)16)12-10(11(13)14-19-12)20(17,18)8-2-3-8/h7-9,16H,2-6H2,1H3,(H2,13,14). The monoisotopic (exact) mass is 317 g/mol. The van der Waals surface area contributed by atoms with Crippen LogP contribution >= 0.6 is 11.5 Å². The van der Waals surface area contributed by atoms with Crippen LogP contribution in [-0.4, -0.2) is 42.3 Å². The van der Waals surface area contributed by atoms with Crippen molar-refractivity contribution < 1.29 is 13.5 Å². The van der Waals surface area contributed by atoms with Gasteiger partial charge in [-0.25, -0.2) is 8.42 Å². The first-order chi connectivity index (χ1) is 9.41. The molecule has 1 aliphatic heterocycles. The molecule has 6 nitrogen and oxygen atoms in total. The van der Waals surface area contributed by atoms with Gasteiger partial charge >= 0.3 is 0 Å². The molecular formula is C12H19N3O3S2. The fraction of sp³-hybridized carbons (Fsp3) is 0.750. The number of aliphatic hydroxyl groups excluding tert-OH is 1. The first-order valence-corrected chi connectivity index (χ1v) is 9.15. The zero-order chi connectivity index (χ0) is 14.5. The predicted octanol–water partition coefficient (Wildman–Crippen LogP) is 0.869. The van der Waals surface area contributed by atoms with Gasteiger partial charge in [-0.2, -0.15) is 4.37 Å². The molecule has 2 heterocycles. The summed E-state index contributed by atoms with van der Waals surface area (Å²) in [6.45, 7) is 3.24. The number of anilines is 2. The molecule has 112 valence electrons. The fourth-order valence-electron chi connectivity index (χ4n) is 2.62. The van der Waals surface area contributed by atoms with Gasteiger partial charge in [0.05, 0.1) is 11.4 Å². The maximum atomic E-state index is 12.5. The van der Waals surface area contributed by atoms with E-state index in [9.17, 15) is 13.5 Å². The summed E-state index contributed by atoms with van der Waals surface area (Å²) in [6, 6.07) is 0. The lowest BCUT2D eigenvalue weighted by Crippen LogP contribution is -2.42. The van der Waals surface area contributed by atoms with Crippen LogP contribution in [0.5, 0.6) is 0 Å². The van der Waals surface area contributed by atoms with Crippen molar-refractivity contribution >= 4 is 32.2 Å². The second-order valence-electron chi connectivity index (χ2n) is 5.73.